The Kier molecular flexibility index (Phi) is 7.67. The van der Waals surface area contributed by atoms with Crippen LogP contribution in [0.2, 0.25) is 0 Å². The normalized spacial score (nSPS) is 17.7. The molecule has 0 saturated carbocycles. The summed E-state index contributed by atoms with van der Waals surface area (Å²) >= 11 is 1.96. The molecule has 2 unspecified atom stereocenters. The lowest BCUT2D eigenvalue weighted by Crippen LogP contribution is -2.28. The zero-order valence-corrected chi connectivity index (χ0v) is 34.0. The number of nitrogens with zero attached hydrogens (tertiary/aromatic N) is 2. The van der Waals surface area contributed by atoms with Crippen molar-refractivity contribution in [3.8, 4) is 27.9 Å². The Balaban J connectivity index is 0.925. The Morgan fingerprint density at radius 1 is 0.559 bits per heavy atom. The predicted octanol–water partition coefficient (Wildman–Crippen LogP) is 15.7. The molecule has 2 nitrogen and oxygen atoms in total. The van der Waals surface area contributed by atoms with Gasteiger partial charge in [0.25, 0.3) is 0 Å². The summed E-state index contributed by atoms with van der Waals surface area (Å²) in [5, 5.41) is 6.54. The first-order valence-corrected chi connectivity index (χ1v) is 21.7. The van der Waals surface area contributed by atoms with E-state index in [0.29, 0.717) is 5.92 Å². The maximum Gasteiger partial charge on any atom is 0.0643 e. The lowest BCUT2D eigenvalue weighted by Gasteiger charge is -2.32. The molecule has 3 heterocycles. The highest BCUT2D eigenvalue weighted by Crippen LogP contribution is 2.46. The first kappa shape index (κ1) is 34.4. The maximum absolute atomic E-state index is 2.59. The van der Waals surface area contributed by atoms with Crippen molar-refractivity contribution in [1.29, 1.82) is 0 Å². The van der Waals surface area contributed by atoms with Crippen LogP contribution in [0.4, 0.5) is 0 Å². The third-order valence-electron chi connectivity index (χ3n) is 13.1. The Labute approximate surface area is 348 Å². The van der Waals surface area contributed by atoms with Gasteiger partial charge in [0.2, 0.25) is 0 Å². The molecule has 3 aromatic heterocycles. The van der Waals surface area contributed by atoms with Gasteiger partial charge in [-0.05, 0) is 125 Å². The van der Waals surface area contributed by atoms with Crippen LogP contribution >= 0.6 is 11.3 Å². The van der Waals surface area contributed by atoms with E-state index in [9.17, 15) is 0 Å². The van der Waals surface area contributed by atoms with Gasteiger partial charge in [0.15, 0.2) is 0 Å². The Morgan fingerprint density at radius 2 is 1.17 bits per heavy atom. The van der Waals surface area contributed by atoms with Crippen molar-refractivity contribution in [2.24, 2.45) is 0 Å². The number of thiophene rings is 1. The number of hydrogen-bond donors (Lipinski definition) is 0. The molecule has 2 aliphatic rings. The quantitative estimate of drug-likeness (QED) is 0.165. The van der Waals surface area contributed by atoms with Crippen LogP contribution in [0.3, 0.4) is 0 Å². The van der Waals surface area contributed by atoms with Gasteiger partial charge in [-0.2, -0.15) is 0 Å². The highest BCUT2D eigenvalue weighted by molar-refractivity contribution is 7.20. The van der Waals surface area contributed by atoms with Crippen molar-refractivity contribution >= 4 is 76.7 Å². The summed E-state index contributed by atoms with van der Waals surface area (Å²) in [7, 11) is 0. The van der Waals surface area contributed by atoms with Crippen LogP contribution in [0.5, 0.6) is 0 Å². The van der Waals surface area contributed by atoms with Gasteiger partial charge in [0, 0.05) is 47.8 Å². The third kappa shape index (κ3) is 5.31. The number of benzene rings is 7. The highest BCUT2D eigenvalue weighted by atomic mass is 32.1. The second-order valence-corrected chi connectivity index (χ2v) is 17.8. The topological polar surface area (TPSA) is 9.86 Å². The van der Waals surface area contributed by atoms with Gasteiger partial charge in [-0.15, -0.1) is 11.3 Å². The molecule has 0 spiro atoms. The first-order valence-electron chi connectivity index (χ1n) is 20.9. The largest absolute Gasteiger partial charge is 0.331 e. The molecular weight excluding hydrogens is 733 g/mol. The smallest absolute Gasteiger partial charge is 0.0643 e. The standard InChI is InChI=1S/C56H42N2S/c1-36-12-10-21-53-54(36)46-18-11-17-43(55(46)59-53)39-30-32-56(2,33-31-39)58-51-20-9-7-16-45(51)48-35-41(25-29-52(48)58)40-24-28-50-47(34-40)44-15-6-8-19-49(44)57(50)42-26-22-38(23-27-42)37-13-4-3-5-14-37/h3-11,13-32,34-36H,12,33H2,1-2H3. The minimum atomic E-state index is -0.216. The summed E-state index contributed by atoms with van der Waals surface area (Å²) in [5.41, 5.74) is 15.0. The second-order valence-electron chi connectivity index (χ2n) is 16.7. The molecule has 3 heteroatoms. The second kappa shape index (κ2) is 13.2. The molecule has 59 heavy (non-hydrogen) atoms. The van der Waals surface area contributed by atoms with Crippen LogP contribution in [0.1, 0.15) is 48.6 Å². The van der Waals surface area contributed by atoms with E-state index in [1.807, 2.05) is 11.3 Å². The average Bonchev–Trinajstić information content (AvgIpc) is 3.95. The number of hydrogen-bond acceptors (Lipinski definition) is 1. The molecule has 282 valence electrons. The molecule has 0 N–H and O–H groups in total. The molecule has 0 aliphatic heterocycles. The van der Waals surface area contributed by atoms with Gasteiger partial charge in [0.1, 0.15) is 0 Å². The van der Waals surface area contributed by atoms with E-state index in [0.717, 1.165) is 12.8 Å². The van der Waals surface area contributed by atoms with E-state index in [4.69, 9.17) is 0 Å². The van der Waals surface area contributed by atoms with Crippen molar-refractivity contribution in [3.63, 3.8) is 0 Å². The van der Waals surface area contributed by atoms with Gasteiger partial charge >= 0.3 is 0 Å². The van der Waals surface area contributed by atoms with Crippen LogP contribution in [0.25, 0.3) is 93.3 Å². The first-order chi connectivity index (χ1) is 29.0. The summed E-state index contributed by atoms with van der Waals surface area (Å²) < 4.78 is 6.41. The van der Waals surface area contributed by atoms with Gasteiger partial charge in [0.05, 0.1) is 16.6 Å². The molecule has 12 rings (SSSR count). The van der Waals surface area contributed by atoms with Gasteiger partial charge in [-0.25, -0.2) is 0 Å². The van der Waals surface area contributed by atoms with Crippen LogP contribution in [-0.2, 0) is 5.54 Å². The van der Waals surface area contributed by atoms with Gasteiger partial charge < -0.3 is 9.13 Å². The van der Waals surface area contributed by atoms with Crippen molar-refractivity contribution < 1.29 is 0 Å². The van der Waals surface area contributed by atoms with E-state index in [1.165, 1.54) is 103 Å². The lowest BCUT2D eigenvalue weighted by molar-refractivity contribution is 0.438. The summed E-state index contributed by atoms with van der Waals surface area (Å²) in [4.78, 5) is 1.43. The van der Waals surface area contributed by atoms with E-state index in [-0.39, 0.29) is 5.54 Å². The molecule has 2 aliphatic carbocycles. The Bertz CT molecular complexity index is 3400. The molecule has 0 saturated heterocycles. The predicted molar refractivity (Wildman–Crippen MR) is 254 cm³/mol. The van der Waals surface area contributed by atoms with Crippen LogP contribution in [0, 0.1) is 0 Å². The fraction of sp³-hybridized carbons (Fsp3) is 0.107. The van der Waals surface area contributed by atoms with E-state index >= 15 is 0 Å². The number of fused-ring (bicyclic) bond motifs is 9. The molecule has 0 amide bonds. The highest BCUT2D eigenvalue weighted by Gasteiger charge is 2.30. The zero-order valence-electron chi connectivity index (χ0n) is 33.2. The van der Waals surface area contributed by atoms with E-state index in [2.05, 4.69) is 211 Å². The summed E-state index contributed by atoms with van der Waals surface area (Å²) in [6.45, 7) is 4.76. The molecule has 10 aromatic rings. The number of para-hydroxylation sites is 2. The number of aromatic nitrogens is 2. The molecule has 0 bridgehead atoms. The van der Waals surface area contributed by atoms with Crippen LogP contribution in [0.15, 0.2) is 182 Å². The Hall–Kier alpha value is -6.68. The minimum Gasteiger partial charge on any atom is -0.331 e. The van der Waals surface area contributed by atoms with Crippen LogP contribution in [-0.4, -0.2) is 9.13 Å². The van der Waals surface area contributed by atoms with E-state index in [1.54, 1.807) is 0 Å². The molecule has 7 aromatic carbocycles. The molecule has 0 radical (unpaired) electrons. The van der Waals surface area contributed by atoms with Crippen molar-refractivity contribution in [3.05, 3.63) is 198 Å². The maximum atomic E-state index is 2.59. The van der Waals surface area contributed by atoms with E-state index < -0.39 is 0 Å². The van der Waals surface area contributed by atoms with Gasteiger partial charge in [-0.1, -0.05) is 140 Å². The third-order valence-corrected chi connectivity index (χ3v) is 14.3. The number of allylic oxidation sites excluding steroid dienone is 5. The monoisotopic (exact) mass is 774 g/mol. The Morgan fingerprint density at radius 3 is 1.93 bits per heavy atom. The van der Waals surface area contributed by atoms with Crippen molar-refractivity contribution in [2.45, 2.75) is 38.1 Å². The summed E-state index contributed by atoms with van der Waals surface area (Å²) in [6, 6.07) is 58.3. The summed E-state index contributed by atoms with van der Waals surface area (Å²) in [5.74, 6) is 0.563. The minimum absolute atomic E-state index is 0.216. The fourth-order valence-corrected chi connectivity index (χ4v) is 11.6. The van der Waals surface area contributed by atoms with Crippen molar-refractivity contribution in [1.82, 2.24) is 9.13 Å². The molecular formula is C56H42N2S. The fourth-order valence-electron chi connectivity index (χ4n) is 10.2. The van der Waals surface area contributed by atoms with Crippen LogP contribution < -0.4 is 0 Å². The lowest BCUT2D eigenvalue weighted by atomic mass is 9.86. The molecule has 2 atom stereocenters. The average molecular weight is 775 g/mol. The summed E-state index contributed by atoms with van der Waals surface area (Å²) in [6.07, 6.45) is 14.0. The zero-order chi connectivity index (χ0) is 39.2. The molecule has 0 fully saturated rings. The van der Waals surface area contributed by atoms with Crippen molar-refractivity contribution in [2.75, 3.05) is 0 Å². The van der Waals surface area contributed by atoms with Gasteiger partial charge in [-0.3, -0.25) is 0 Å². The number of rotatable bonds is 5. The SMILES string of the molecule is CC1CC=Cc2sc3c(C4=CCC(C)(n5c6ccccc6c6cc(-c7ccc8c(c7)c7ccccc7n8-c7ccc(-c8ccccc8)cc7)ccc65)C=C4)cccc3c21.